The Morgan fingerprint density at radius 1 is 1.62 bits per heavy atom. The number of urea groups is 1. The van der Waals surface area contributed by atoms with E-state index in [0.717, 1.165) is 0 Å². The van der Waals surface area contributed by atoms with Gasteiger partial charge >= 0.3 is 6.03 Å². The second kappa shape index (κ2) is 3.90. The molecule has 1 radical (unpaired) electrons. The van der Waals surface area contributed by atoms with Crippen LogP contribution in [0.3, 0.4) is 0 Å². The maximum atomic E-state index is 10.8. The van der Waals surface area contributed by atoms with Crippen molar-refractivity contribution in [1.29, 1.82) is 0 Å². The zero-order chi connectivity index (χ0) is 9.84. The number of hydrogen-bond acceptors (Lipinski definition) is 3. The molecule has 0 aliphatic heterocycles. The average Bonchev–Trinajstić information content (AvgIpc) is 2.50. The summed E-state index contributed by atoms with van der Waals surface area (Å²) in [5.74, 6) is -0.874. The number of rotatable bonds is 3. The Hall–Kier alpha value is -1.56. The van der Waals surface area contributed by atoms with Crippen LogP contribution in [0.15, 0.2) is 17.5 Å². The number of thiophene rings is 1. The third kappa shape index (κ3) is 2.45. The molecule has 1 heterocycles. The summed E-state index contributed by atoms with van der Waals surface area (Å²) in [5.41, 5.74) is 11.8. The Kier molecular flexibility index (Phi) is 2.86. The highest BCUT2D eigenvalue weighted by atomic mass is 32.1. The number of nitrogens with two attached hydrogens (primary N) is 1. The van der Waals surface area contributed by atoms with Gasteiger partial charge in [0.25, 0.3) is 5.91 Å². The highest BCUT2D eigenvalue weighted by Gasteiger charge is 2.20. The lowest BCUT2D eigenvalue weighted by atomic mass is 10.2. The molecule has 1 rings (SSSR count). The van der Waals surface area contributed by atoms with Gasteiger partial charge in [-0.05, 0) is 11.4 Å². The van der Waals surface area contributed by atoms with E-state index in [2.05, 4.69) is 5.32 Å². The molecule has 0 aliphatic carbocycles. The Bertz CT molecular complexity index is 310. The van der Waals surface area contributed by atoms with Crippen LogP contribution in [0.4, 0.5) is 4.79 Å². The van der Waals surface area contributed by atoms with Crippen molar-refractivity contribution < 1.29 is 9.59 Å². The van der Waals surface area contributed by atoms with Crippen LogP contribution in [0, 0.1) is 0 Å². The Labute approximate surface area is 78.7 Å². The second-order valence-electron chi connectivity index (χ2n) is 2.32. The van der Waals surface area contributed by atoms with Crippen LogP contribution >= 0.6 is 11.3 Å². The normalized spacial score (nSPS) is 12.0. The molecule has 0 saturated heterocycles. The summed E-state index contributed by atoms with van der Waals surface area (Å²) in [6.45, 7) is 0. The fraction of sp³-hybridized carbons (Fsp3) is 0.143. The van der Waals surface area contributed by atoms with E-state index in [0.29, 0.717) is 4.88 Å². The number of carbonyl (C=O) groups excluding carboxylic acids is 2. The Balaban J connectivity index is 2.81. The molecule has 0 spiro atoms. The van der Waals surface area contributed by atoms with Gasteiger partial charge in [0.1, 0.15) is 6.04 Å². The maximum absolute atomic E-state index is 10.8. The van der Waals surface area contributed by atoms with Crippen LogP contribution < -0.4 is 16.8 Å². The monoisotopic (exact) mass is 198 g/mol. The van der Waals surface area contributed by atoms with Crippen molar-refractivity contribution in [3.8, 4) is 0 Å². The first-order valence-electron chi connectivity index (χ1n) is 3.46. The van der Waals surface area contributed by atoms with Crippen molar-refractivity contribution in [3.05, 3.63) is 22.4 Å². The first kappa shape index (κ1) is 9.53. The predicted molar refractivity (Wildman–Crippen MR) is 47.9 cm³/mol. The quantitative estimate of drug-likeness (QED) is 0.728. The van der Waals surface area contributed by atoms with Crippen molar-refractivity contribution >= 4 is 23.3 Å². The topological polar surface area (TPSA) is 96.0 Å². The molecule has 0 aromatic carbocycles. The molecule has 13 heavy (non-hydrogen) atoms. The van der Waals surface area contributed by atoms with Crippen molar-refractivity contribution in [2.75, 3.05) is 0 Å². The third-order valence-corrected chi connectivity index (χ3v) is 2.31. The van der Waals surface area contributed by atoms with E-state index in [-0.39, 0.29) is 0 Å². The highest BCUT2D eigenvalue weighted by molar-refractivity contribution is 7.10. The van der Waals surface area contributed by atoms with E-state index < -0.39 is 18.0 Å². The summed E-state index contributed by atoms with van der Waals surface area (Å²) >= 11 is 1.29. The van der Waals surface area contributed by atoms with Crippen LogP contribution in [0.1, 0.15) is 10.9 Å². The van der Waals surface area contributed by atoms with E-state index in [1.807, 2.05) is 0 Å². The van der Waals surface area contributed by atoms with Gasteiger partial charge < -0.3 is 11.1 Å². The summed E-state index contributed by atoms with van der Waals surface area (Å²) in [4.78, 5) is 21.9. The van der Waals surface area contributed by atoms with Gasteiger partial charge in [-0.1, -0.05) is 6.07 Å². The summed E-state index contributed by atoms with van der Waals surface area (Å²) in [6, 6.07) is 1.66. The second-order valence-corrected chi connectivity index (χ2v) is 3.30. The molecular weight excluding hydrogens is 190 g/mol. The van der Waals surface area contributed by atoms with Crippen LogP contribution in [0.25, 0.3) is 0 Å². The zero-order valence-corrected chi connectivity index (χ0v) is 7.43. The van der Waals surface area contributed by atoms with Crippen LogP contribution in [-0.4, -0.2) is 11.9 Å². The number of hydrogen-bond donors (Lipinski definition) is 2. The first-order valence-corrected chi connectivity index (χ1v) is 4.34. The van der Waals surface area contributed by atoms with Gasteiger partial charge in [-0.25, -0.2) is 4.79 Å². The molecule has 69 valence electrons. The van der Waals surface area contributed by atoms with Crippen LogP contribution in [-0.2, 0) is 4.79 Å². The van der Waals surface area contributed by atoms with Crippen molar-refractivity contribution in [3.63, 3.8) is 0 Å². The molecule has 0 saturated carbocycles. The number of primary amides is 1. The first-order chi connectivity index (χ1) is 6.11. The molecule has 1 atom stereocenters. The van der Waals surface area contributed by atoms with E-state index >= 15 is 0 Å². The molecule has 1 aromatic rings. The Morgan fingerprint density at radius 3 is 2.69 bits per heavy atom. The van der Waals surface area contributed by atoms with Gasteiger partial charge in [0.2, 0.25) is 0 Å². The molecule has 1 unspecified atom stereocenters. The van der Waals surface area contributed by atoms with Crippen molar-refractivity contribution in [2.24, 2.45) is 5.73 Å². The lowest BCUT2D eigenvalue weighted by molar-refractivity contribution is -0.120. The largest absolute Gasteiger partial charge is 0.352 e. The summed E-state index contributed by atoms with van der Waals surface area (Å²) in [6.07, 6.45) is 0. The van der Waals surface area contributed by atoms with Crippen molar-refractivity contribution in [2.45, 2.75) is 6.04 Å². The molecule has 6 heteroatoms. The summed E-state index contributed by atoms with van der Waals surface area (Å²) < 4.78 is 0. The molecule has 5 nitrogen and oxygen atoms in total. The fourth-order valence-electron chi connectivity index (χ4n) is 0.864. The smallest absolute Gasteiger partial charge is 0.313 e. The number of amides is 3. The molecule has 0 fully saturated rings. The highest BCUT2D eigenvalue weighted by Crippen LogP contribution is 2.18. The lowest BCUT2D eigenvalue weighted by Gasteiger charge is -2.10. The Morgan fingerprint density at radius 2 is 2.31 bits per heavy atom. The molecule has 0 bridgehead atoms. The zero-order valence-electron chi connectivity index (χ0n) is 6.61. The van der Waals surface area contributed by atoms with E-state index in [9.17, 15) is 9.59 Å². The van der Waals surface area contributed by atoms with Gasteiger partial charge in [-0.2, -0.15) is 0 Å². The van der Waals surface area contributed by atoms with Crippen molar-refractivity contribution in [1.82, 2.24) is 11.1 Å². The standard InChI is InChI=1S/C7H8N3O2S/c8-6(11)5(10-7(9)12)4-2-1-3-13-4/h1-3,5,8H,(H3,9,10,12). The van der Waals surface area contributed by atoms with Gasteiger partial charge in [-0.3, -0.25) is 10.5 Å². The molecule has 1 aromatic heterocycles. The molecule has 3 amide bonds. The summed E-state index contributed by atoms with van der Waals surface area (Å²) in [7, 11) is 0. The van der Waals surface area contributed by atoms with Gasteiger partial charge in [0.15, 0.2) is 0 Å². The average molecular weight is 198 g/mol. The van der Waals surface area contributed by atoms with E-state index in [4.69, 9.17) is 11.5 Å². The minimum Gasteiger partial charge on any atom is -0.352 e. The van der Waals surface area contributed by atoms with Gasteiger partial charge in [0, 0.05) is 4.88 Å². The van der Waals surface area contributed by atoms with E-state index in [1.165, 1.54) is 11.3 Å². The molecular formula is C7H8N3O2S. The molecule has 4 N–H and O–H groups in total. The lowest BCUT2D eigenvalue weighted by Crippen LogP contribution is -2.37. The maximum Gasteiger partial charge on any atom is 0.313 e. The number of nitrogens with one attached hydrogen (secondary N) is 2. The molecule has 0 aliphatic rings. The van der Waals surface area contributed by atoms with Crippen LogP contribution in [0.5, 0.6) is 0 Å². The fourth-order valence-corrected chi connectivity index (χ4v) is 1.64. The van der Waals surface area contributed by atoms with E-state index in [1.54, 1.807) is 17.5 Å². The SMILES string of the molecule is [NH]C(=O)C(NC(N)=O)c1cccs1. The van der Waals surface area contributed by atoms with Gasteiger partial charge in [0.05, 0.1) is 0 Å². The minimum absolute atomic E-state index is 0.610. The number of carbonyl (C=O) groups is 2. The van der Waals surface area contributed by atoms with Crippen LogP contribution in [0.2, 0.25) is 0 Å². The third-order valence-electron chi connectivity index (χ3n) is 1.38. The predicted octanol–water partition coefficient (Wildman–Crippen LogP) is 0.267. The summed E-state index contributed by atoms with van der Waals surface area (Å²) in [5, 5.41) is 3.95. The minimum atomic E-state index is -0.933. The van der Waals surface area contributed by atoms with Gasteiger partial charge in [-0.15, -0.1) is 11.3 Å².